The SMILES string of the molecule is [2H]c1c([2H])c([2H])c(-n2c3ccccc3c3cc(-c4ccc5c(c4)c4ccccc4n5-c4cc5c(cc4-c4ccccc4)C(C)(C)C(C)(C)C5(C)C)ccc32)c([2H])c1[2H]. The smallest absolute Gasteiger partial charge is 0.0645 e. The number of aromatic nitrogens is 2. The highest BCUT2D eigenvalue weighted by Gasteiger charge is 2.57. The van der Waals surface area contributed by atoms with Crippen molar-refractivity contribution in [3.63, 3.8) is 0 Å². The minimum atomic E-state index is -0.400. The Morgan fingerprint density at radius 1 is 0.434 bits per heavy atom. The van der Waals surface area contributed by atoms with Gasteiger partial charge in [-0.1, -0.05) is 139 Å². The van der Waals surface area contributed by atoms with E-state index in [0.717, 1.165) is 49.4 Å². The van der Waals surface area contributed by atoms with Crippen molar-refractivity contribution < 1.29 is 6.85 Å². The summed E-state index contributed by atoms with van der Waals surface area (Å²) < 4.78 is 46.9. The molecule has 258 valence electrons. The largest absolute Gasteiger partial charge is 0.309 e. The van der Waals surface area contributed by atoms with E-state index >= 15 is 0 Å². The standard InChI is InChI=1S/C51H44N2/c1-49(2)42-31-39(33-17-9-7-10-18-33)48(32-43(42)50(3,4)51(49,5)6)53-45-24-16-14-22-38(45)41-30-35(26-28-47(41)53)34-25-27-46-40(29-34)37-21-13-15-23-44(37)52(46)36-19-11-8-12-20-36/h7-32H,1-6H3/i8D,11D,12D,19D,20D. The average Bonchev–Trinajstić information content (AvgIpc) is 3.77. The van der Waals surface area contributed by atoms with Crippen molar-refractivity contribution >= 4 is 43.6 Å². The molecule has 2 heteroatoms. The maximum absolute atomic E-state index is 8.80. The molecule has 2 aromatic heterocycles. The van der Waals surface area contributed by atoms with Gasteiger partial charge in [0.25, 0.3) is 0 Å². The fraction of sp³-hybridized carbons (Fsp3) is 0.176. The van der Waals surface area contributed by atoms with Crippen molar-refractivity contribution in [2.45, 2.75) is 52.4 Å². The zero-order chi connectivity index (χ0) is 40.6. The highest BCUT2D eigenvalue weighted by atomic mass is 15.0. The summed E-state index contributed by atoms with van der Waals surface area (Å²) in [5.74, 6) is 0. The fourth-order valence-electron chi connectivity index (χ4n) is 9.27. The summed E-state index contributed by atoms with van der Waals surface area (Å²) in [6.07, 6.45) is 0. The molecular formula is C51H44N2. The number of hydrogen-bond acceptors (Lipinski definition) is 0. The molecule has 9 aromatic rings. The maximum Gasteiger partial charge on any atom is 0.0645 e. The van der Waals surface area contributed by atoms with Gasteiger partial charge in [0.2, 0.25) is 0 Å². The summed E-state index contributed by atoms with van der Waals surface area (Å²) in [5.41, 5.74) is 12.4. The van der Waals surface area contributed by atoms with E-state index in [1.807, 2.05) is 34.9 Å². The van der Waals surface area contributed by atoms with Gasteiger partial charge in [0.05, 0.1) is 34.6 Å². The van der Waals surface area contributed by atoms with Crippen LogP contribution >= 0.6 is 0 Å². The number of para-hydroxylation sites is 3. The second-order valence-electron chi connectivity index (χ2n) is 16.3. The third kappa shape index (κ3) is 4.33. The van der Waals surface area contributed by atoms with Gasteiger partial charge in [0.1, 0.15) is 0 Å². The van der Waals surface area contributed by atoms with Crippen molar-refractivity contribution in [2.75, 3.05) is 0 Å². The minimum absolute atomic E-state index is 0.0206. The van der Waals surface area contributed by atoms with Crippen LogP contribution < -0.4 is 0 Å². The second-order valence-corrected chi connectivity index (χ2v) is 16.3. The lowest BCUT2D eigenvalue weighted by atomic mass is 9.59. The van der Waals surface area contributed by atoms with Crippen LogP contribution in [0.4, 0.5) is 0 Å². The summed E-state index contributed by atoms with van der Waals surface area (Å²) in [6, 6.07) is 43.8. The number of fused-ring (bicyclic) bond motifs is 7. The van der Waals surface area contributed by atoms with Crippen LogP contribution in [0.5, 0.6) is 0 Å². The first-order valence-electron chi connectivity index (χ1n) is 21.0. The molecule has 0 atom stereocenters. The second kappa shape index (κ2) is 11.1. The molecule has 2 nitrogen and oxygen atoms in total. The van der Waals surface area contributed by atoms with Crippen LogP contribution in [0.3, 0.4) is 0 Å². The highest BCUT2D eigenvalue weighted by molar-refractivity contribution is 6.13. The molecule has 1 aliphatic rings. The fourth-order valence-corrected chi connectivity index (χ4v) is 9.27. The van der Waals surface area contributed by atoms with Gasteiger partial charge in [-0.05, 0) is 105 Å². The average molecular weight is 690 g/mol. The molecule has 0 amide bonds. The monoisotopic (exact) mass is 689 g/mol. The quantitative estimate of drug-likeness (QED) is 0.174. The first kappa shape index (κ1) is 26.8. The van der Waals surface area contributed by atoms with Crippen LogP contribution in [-0.4, -0.2) is 9.13 Å². The summed E-state index contributed by atoms with van der Waals surface area (Å²) in [5, 5.41) is 4.23. The van der Waals surface area contributed by atoms with Crippen molar-refractivity contribution in [1.29, 1.82) is 0 Å². The van der Waals surface area contributed by atoms with Gasteiger partial charge in [-0.25, -0.2) is 0 Å². The molecule has 0 bridgehead atoms. The number of rotatable bonds is 4. The maximum atomic E-state index is 8.80. The van der Waals surface area contributed by atoms with E-state index in [1.54, 1.807) is 0 Å². The number of nitrogens with zero attached hydrogens (tertiary/aromatic N) is 2. The van der Waals surface area contributed by atoms with Gasteiger partial charge in [-0.3, -0.25) is 0 Å². The van der Waals surface area contributed by atoms with Gasteiger partial charge < -0.3 is 9.13 Å². The Labute approximate surface area is 319 Å². The predicted octanol–water partition coefficient (Wildman–Crippen LogP) is 13.8. The zero-order valence-electron chi connectivity index (χ0n) is 36.0. The van der Waals surface area contributed by atoms with E-state index in [2.05, 4.69) is 143 Å². The molecule has 0 spiro atoms. The third-order valence-electron chi connectivity index (χ3n) is 13.3. The van der Waals surface area contributed by atoms with Gasteiger partial charge in [0.15, 0.2) is 0 Å². The first-order valence-corrected chi connectivity index (χ1v) is 18.5. The van der Waals surface area contributed by atoms with Crippen LogP contribution in [0.1, 0.15) is 59.5 Å². The van der Waals surface area contributed by atoms with E-state index in [4.69, 9.17) is 6.85 Å². The van der Waals surface area contributed by atoms with E-state index in [0.29, 0.717) is 0 Å². The molecule has 0 aliphatic heterocycles. The Bertz CT molecular complexity index is 3170. The van der Waals surface area contributed by atoms with E-state index in [1.165, 1.54) is 33.3 Å². The molecule has 0 N–H and O–H groups in total. The Hall–Kier alpha value is -5.86. The van der Waals surface area contributed by atoms with E-state index in [-0.39, 0.29) is 46.1 Å². The van der Waals surface area contributed by atoms with Crippen LogP contribution in [0, 0.1) is 5.41 Å². The molecule has 0 unspecified atom stereocenters. The lowest BCUT2D eigenvalue weighted by molar-refractivity contribution is 0.125. The Kier molecular flexibility index (Phi) is 5.61. The summed E-state index contributed by atoms with van der Waals surface area (Å²) in [4.78, 5) is 0. The lowest BCUT2D eigenvalue weighted by Gasteiger charge is -2.44. The Morgan fingerprint density at radius 2 is 0.925 bits per heavy atom. The Balaban J connectivity index is 1.20. The summed E-state index contributed by atoms with van der Waals surface area (Å²) in [6.45, 7) is 14.5. The zero-order valence-corrected chi connectivity index (χ0v) is 31.0. The van der Waals surface area contributed by atoms with Crippen LogP contribution in [0.25, 0.3) is 77.2 Å². The third-order valence-corrected chi connectivity index (χ3v) is 13.3. The van der Waals surface area contributed by atoms with Crippen LogP contribution in [0.2, 0.25) is 0 Å². The molecule has 0 saturated heterocycles. The van der Waals surface area contributed by atoms with Gasteiger partial charge >= 0.3 is 0 Å². The summed E-state index contributed by atoms with van der Waals surface area (Å²) in [7, 11) is 0. The number of hydrogen-bond donors (Lipinski definition) is 0. The van der Waals surface area contributed by atoms with Crippen molar-refractivity contribution in [2.24, 2.45) is 5.41 Å². The minimum Gasteiger partial charge on any atom is -0.309 e. The molecule has 0 fully saturated rings. The molecule has 2 heterocycles. The lowest BCUT2D eigenvalue weighted by Crippen LogP contribution is -2.42. The topological polar surface area (TPSA) is 9.86 Å². The molecular weight excluding hydrogens is 641 g/mol. The van der Waals surface area contributed by atoms with Gasteiger partial charge in [-0.15, -0.1) is 0 Å². The predicted molar refractivity (Wildman–Crippen MR) is 226 cm³/mol. The van der Waals surface area contributed by atoms with Gasteiger partial charge in [0, 0.05) is 32.8 Å². The van der Waals surface area contributed by atoms with Crippen LogP contribution in [-0.2, 0) is 10.8 Å². The van der Waals surface area contributed by atoms with Gasteiger partial charge in [-0.2, -0.15) is 0 Å². The van der Waals surface area contributed by atoms with E-state index in [9.17, 15) is 0 Å². The normalized spacial score (nSPS) is 17.1. The van der Waals surface area contributed by atoms with Crippen molar-refractivity contribution in [1.82, 2.24) is 9.13 Å². The summed E-state index contributed by atoms with van der Waals surface area (Å²) >= 11 is 0. The Morgan fingerprint density at radius 3 is 1.53 bits per heavy atom. The van der Waals surface area contributed by atoms with Crippen molar-refractivity contribution in [3.05, 3.63) is 169 Å². The molecule has 53 heavy (non-hydrogen) atoms. The molecule has 10 rings (SSSR count). The molecule has 1 aliphatic carbocycles. The van der Waals surface area contributed by atoms with E-state index < -0.39 is 6.04 Å². The first-order chi connectivity index (χ1) is 27.6. The molecule has 7 aromatic carbocycles. The van der Waals surface area contributed by atoms with Crippen LogP contribution in [0.15, 0.2) is 158 Å². The van der Waals surface area contributed by atoms with Crippen molar-refractivity contribution in [3.8, 4) is 33.6 Å². The number of benzene rings is 7. The highest BCUT2D eigenvalue weighted by Crippen LogP contribution is 2.62. The molecule has 0 saturated carbocycles. The molecule has 0 radical (unpaired) electrons.